The highest BCUT2D eigenvalue weighted by Gasteiger charge is 2.08. The molecule has 1 N–H and O–H groups in total. The number of hydrogen-bond acceptors (Lipinski definition) is 2. The highest BCUT2D eigenvalue weighted by Crippen LogP contribution is 2.32. The Hall–Kier alpha value is -1.000. The summed E-state index contributed by atoms with van der Waals surface area (Å²) in [7, 11) is 0. The predicted molar refractivity (Wildman–Crippen MR) is 74.5 cm³/mol. The highest BCUT2D eigenvalue weighted by molar-refractivity contribution is 9.10. The lowest BCUT2D eigenvalue weighted by Crippen LogP contribution is -2.00. The molecule has 0 atom stereocenters. The van der Waals surface area contributed by atoms with Crippen LogP contribution in [0.2, 0.25) is 5.02 Å². The first-order chi connectivity index (χ1) is 8.60. The van der Waals surface area contributed by atoms with Crippen molar-refractivity contribution < 1.29 is 8.81 Å². The summed E-state index contributed by atoms with van der Waals surface area (Å²) in [5.74, 6) is 1.39. The van der Waals surface area contributed by atoms with Gasteiger partial charge in [0.2, 0.25) is 0 Å². The molecule has 1 aromatic heterocycles. The lowest BCUT2D eigenvalue weighted by Gasteiger charge is -2.09. The van der Waals surface area contributed by atoms with Crippen molar-refractivity contribution in [3.63, 3.8) is 0 Å². The molecule has 0 aliphatic heterocycles. The summed E-state index contributed by atoms with van der Waals surface area (Å²) in [5, 5.41) is 3.46. The highest BCUT2D eigenvalue weighted by atomic mass is 79.9. The van der Waals surface area contributed by atoms with Crippen molar-refractivity contribution in [2.45, 2.75) is 19.9 Å². The molecule has 2 nitrogen and oxygen atoms in total. The number of furan rings is 1. The fourth-order valence-corrected chi connectivity index (χ4v) is 2.55. The molecular weight excluding hydrogens is 321 g/mol. The second kappa shape index (κ2) is 5.76. The van der Waals surface area contributed by atoms with Crippen molar-refractivity contribution in [2.75, 3.05) is 5.32 Å². The summed E-state index contributed by atoms with van der Waals surface area (Å²) in [6.07, 6.45) is 0.862. The summed E-state index contributed by atoms with van der Waals surface area (Å²) in [6, 6.07) is 6.50. The largest absolute Gasteiger partial charge is 0.464 e. The van der Waals surface area contributed by atoms with Gasteiger partial charge in [-0.2, -0.15) is 0 Å². The molecule has 2 rings (SSSR count). The quantitative estimate of drug-likeness (QED) is 0.851. The van der Waals surface area contributed by atoms with Gasteiger partial charge in [-0.3, -0.25) is 0 Å². The standard InChI is InChI=1S/C13H12BrClFNO/c1-2-9-3-4-10(18-9)7-17-13-11(14)5-8(16)6-12(13)15/h3-6,17H,2,7H2,1H3. The van der Waals surface area contributed by atoms with Crippen LogP contribution in [-0.2, 0) is 13.0 Å². The number of halogens is 3. The summed E-state index contributed by atoms with van der Waals surface area (Å²) >= 11 is 9.24. The van der Waals surface area contributed by atoms with Gasteiger partial charge in [-0.15, -0.1) is 0 Å². The van der Waals surface area contributed by atoms with Gasteiger partial charge in [0.05, 0.1) is 17.3 Å². The molecule has 0 radical (unpaired) electrons. The molecule has 5 heteroatoms. The van der Waals surface area contributed by atoms with E-state index in [1.807, 2.05) is 19.1 Å². The van der Waals surface area contributed by atoms with E-state index in [4.69, 9.17) is 16.0 Å². The van der Waals surface area contributed by atoms with E-state index >= 15 is 0 Å². The minimum absolute atomic E-state index is 0.337. The first-order valence-corrected chi connectivity index (χ1v) is 6.73. The first-order valence-electron chi connectivity index (χ1n) is 5.56. The molecule has 0 amide bonds. The minimum atomic E-state index is -0.372. The Bertz CT molecular complexity index is 533. The molecule has 0 aliphatic rings. The number of aryl methyl sites for hydroxylation is 1. The van der Waals surface area contributed by atoms with Crippen molar-refractivity contribution in [1.29, 1.82) is 0 Å². The molecule has 0 bridgehead atoms. The van der Waals surface area contributed by atoms with E-state index in [-0.39, 0.29) is 5.82 Å². The molecular formula is C13H12BrClFNO. The third kappa shape index (κ3) is 3.06. The van der Waals surface area contributed by atoms with Gasteiger partial charge in [0, 0.05) is 10.9 Å². The second-order valence-corrected chi connectivity index (χ2v) is 5.08. The average molecular weight is 333 g/mol. The van der Waals surface area contributed by atoms with E-state index in [2.05, 4.69) is 21.2 Å². The third-order valence-corrected chi connectivity index (χ3v) is 3.44. The van der Waals surface area contributed by atoms with E-state index in [1.165, 1.54) is 12.1 Å². The molecule has 0 spiro atoms. The van der Waals surface area contributed by atoms with Crippen molar-refractivity contribution in [3.05, 3.63) is 51.1 Å². The fourth-order valence-electron chi connectivity index (χ4n) is 1.59. The van der Waals surface area contributed by atoms with Crippen LogP contribution in [0, 0.1) is 5.82 Å². The van der Waals surface area contributed by atoms with E-state index in [0.29, 0.717) is 21.7 Å². The topological polar surface area (TPSA) is 25.2 Å². The second-order valence-electron chi connectivity index (χ2n) is 3.82. The maximum Gasteiger partial charge on any atom is 0.125 e. The van der Waals surface area contributed by atoms with Crippen LogP contribution < -0.4 is 5.32 Å². The number of benzene rings is 1. The molecule has 96 valence electrons. The molecule has 1 aromatic carbocycles. The monoisotopic (exact) mass is 331 g/mol. The van der Waals surface area contributed by atoms with Gasteiger partial charge in [-0.1, -0.05) is 18.5 Å². The van der Waals surface area contributed by atoms with Gasteiger partial charge < -0.3 is 9.73 Å². The minimum Gasteiger partial charge on any atom is -0.464 e. The Balaban J connectivity index is 2.10. The van der Waals surface area contributed by atoms with Crippen molar-refractivity contribution in [2.24, 2.45) is 0 Å². The zero-order valence-electron chi connectivity index (χ0n) is 9.77. The normalized spacial score (nSPS) is 10.7. The van der Waals surface area contributed by atoms with Crippen LogP contribution in [0.25, 0.3) is 0 Å². The molecule has 0 aliphatic carbocycles. The maximum atomic E-state index is 13.1. The lowest BCUT2D eigenvalue weighted by molar-refractivity contribution is 0.476. The maximum absolute atomic E-state index is 13.1. The van der Waals surface area contributed by atoms with Crippen molar-refractivity contribution in [3.8, 4) is 0 Å². The summed E-state index contributed by atoms with van der Waals surface area (Å²) in [4.78, 5) is 0. The van der Waals surface area contributed by atoms with Gasteiger partial charge in [0.1, 0.15) is 17.3 Å². The average Bonchev–Trinajstić information content (AvgIpc) is 2.75. The Morgan fingerprint density at radius 3 is 2.67 bits per heavy atom. The SMILES string of the molecule is CCc1ccc(CNc2c(Cl)cc(F)cc2Br)o1. The predicted octanol–water partition coefficient (Wildman–Crippen LogP) is 5.01. The van der Waals surface area contributed by atoms with Gasteiger partial charge in [-0.25, -0.2) is 4.39 Å². The Kier molecular flexibility index (Phi) is 4.30. The zero-order valence-corrected chi connectivity index (χ0v) is 12.1. The Morgan fingerprint density at radius 1 is 1.33 bits per heavy atom. The number of anilines is 1. The molecule has 0 unspecified atom stereocenters. The van der Waals surface area contributed by atoms with Crippen LogP contribution in [0.5, 0.6) is 0 Å². The fraction of sp³-hybridized carbons (Fsp3) is 0.231. The number of hydrogen-bond donors (Lipinski definition) is 1. The van der Waals surface area contributed by atoms with Gasteiger partial charge in [0.25, 0.3) is 0 Å². The molecule has 0 saturated heterocycles. The van der Waals surface area contributed by atoms with Crippen LogP contribution in [-0.4, -0.2) is 0 Å². The van der Waals surface area contributed by atoms with Crippen LogP contribution >= 0.6 is 27.5 Å². The van der Waals surface area contributed by atoms with E-state index < -0.39 is 0 Å². The molecule has 0 fully saturated rings. The van der Waals surface area contributed by atoms with Crippen LogP contribution in [0.3, 0.4) is 0 Å². The van der Waals surface area contributed by atoms with Crippen LogP contribution in [0.15, 0.2) is 33.2 Å². The van der Waals surface area contributed by atoms with Crippen molar-refractivity contribution in [1.82, 2.24) is 0 Å². The summed E-state index contributed by atoms with van der Waals surface area (Å²) in [5.41, 5.74) is 0.660. The molecule has 1 heterocycles. The van der Waals surface area contributed by atoms with Crippen LogP contribution in [0.1, 0.15) is 18.4 Å². The zero-order chi connectivity index (χ0) is 13.1. The van der Waals surface area contributed by atoms with Gasteiger partial charge >= 0.3 is 0 Å². The van der Waals surface area contributed by atoms with Gasteiger partial charge in [0.15, 0.2) is 0 Å². The molecule has 2 aromatic rings. The summed E-state index contributed by atoms with van der Waals surface area (Å²) < 4.78 is 19.2. The lowest BCUT2D eigenvalue weighted by atomic mass is 10.3. The third-order valence-electron chi connectivity index (χ3n) is 2.51. The van der Waals surface area contributed by atoms with Crippen LogP contribution in [0.4, 0.5) is 10.1 Å². The van der Waals surface area contributed by atoms with E-state index in [0.717, 1.165) is 17.9 Å². The first kappa shape index (κ1) is 13.4. The van der Waals surface area contributed by atoms with E-state index in [1.54, 1.807) is 0 Å². The number of nitrogens with one attached hydrogen (secondary N) is 1. The Morgan fingerprint density at radius 2 is 2.06 bits per heavy atom. The molecule has 0 saturated carbocycles. The Labute approximate surface area is 118 Å². The van der Waals surface area contributed by atoms with Gasteiger partial charge in [-0.05, 0) is 40.2 Å². The van der Waals surface area contributed by atoms with Crippen molar-refractivity contribution >= 4 is 33.2 Å². The van der Waals surface area contributed by atoms with E-state index in [9.17, 15) is 4.39 Å². The molecule has 18 heavy (non-hydrogen) atoms. The smallest absolute Gasteiger partial charge is 0.125 e. The number of rotatable bonds is 4. The summed E-state index contributed by atoms with van der Waals surface area (Å²) in [6.45, 7) is 2.54.